The maximum absolute atomic E-state index is 12.5. The zero-order chi connectivity index (χ0) is 16.5. The molecule has 0 aromatic heterocycles. The third kappa shape index (κ3) is 3.51. The molecule has 0 unspecified atom stereocenters. The molecule has 0 radical (unpaired) electrons. The first-order valence-electron chi connectivity index (χ1n) is 6.07. The highest BCUT2D eigenvalue weighted by molar-refractivity contribution is 6.32. The molecule has 7 heteroatoms. The van der Waals surface area contributed by atoms with Crippen molar-refractivity contribution in [2.75, 3.05) is 0 Å². The molecule has 2 aromatic rings. The van der Waals surface area contributed by atoms with E-state index in [4.69, 9.17) is 21.4 Å². The van der Waals surface area contributed by atoms with Crippen LogP contribution in [-0.2, 0) is 6.18 Å². The third-order valence-electron chi connectivity index (χ3n) is 2.93. The number of benzene rings is 2. The summed E-state index contributed by atoms with van der Waals surface area (Å²) in [5, 5.41) is 8.81. The molecule has 0 amide bonds. The maximum atomic E-state index is 12.5. The summed E-state index contributed by atoms with van der Waals surface area (Å²) in [6.45, 7) is 1.62. The monoisotopic (exact) mass is 330 g/mol. The van der Waals surface area contributed by atoms with E-state index < -0.39 is 17.7 Å². The Balaban J connectivity index is 2.32. The molecule has 22 heavy (non-hydrogen) atoms. The second-order valence-electron chi connectivity index (χ2n) is 4.53. The molecule has 0 aliphatic heterocycles. The van der Waals surface area contributed by atoms with Crippen LogP contribution in [0, 0.1) is 6.92 Å². The van der Waals surface area contributed by atoms with Crippen molar-refractivity contribution in [3.8, 4) is 11.5 Å². The molecule has 0 fully saturated rings. The number of hydrogen-bond acceptors (Lipinski definition) is 2. The van der Waals surface area contributed by atoms with E-state index >= 15 is 0 Å². The van der Waals surface area contributed by atoms with Crippen molar-refractivity contribution in [1.29, 1.82) is 0 Å². The summed E-state index contributed by atoms with van der Waals surface area (Å²) in [5.74, 6) is -0.944. The van der Waals surface area contributed by atoms with Crippen LogP contribution in [0.5, 0.6) is 11.5 Å². The molecule has 0 aliphatic carbocycles. The van der Waals surface area contributed by atoms with Crippen molar-refractivity contribution in [3.05, 3.63) is 58.1 Å². The number of ether oxygens (including phenoxy) is 1. The van der Waals surface area contributed by atoms with Gasteiger partial charge in [0.15, 0.2) is 0 Å². The summed E-state index contributed by atoms with van der Waals surface area (Å²) >= 11 is 5.78. The number of hydrogen-bond donors (Lipinski definition) is 1. The lowest BCUT2D eigenvalue weighted by molar-refractivity contribution is -0.137. The molecule has 0 heterocycles. The van der Waals surface area contributed by atoms with Crippen molar-refractivity contribution < 1.29 is 27.8 Å². The highest BCUT2D eigenvalue weighted by atomic mass is 35.5. The lowest BCUT2D eigenvalue weighted by atomic mass is 10.1. The van der Waals surface area contributed by atoms with Crippen LogP contribution in [0.1, 0.15) is 21.5 Å². The van der Waals surface area contributed by atoms with Crippen LogP contribution in [-0.4, -0.2) is 11.1 Å². The van der Waals surface area contributed by atoms with Gasteiger partial charge in [-0.1, -0.05) is 17.7 Å². The quantitative estimate of drug-likeness (QED) is 0.845. The molecule has 0 saturated heterocycles. The fraction of sp³-hybridized carbons (Fsp3) is 0.133. The number of rotatable bonds is 3. The van der Waals surface area contributed by atoms with E-state index in [2.05, 4.69) is 0 Å². The highest BCUT2D eigenvalue weighted by Crippen LogP contribution is 2.36. The van der Waals surface area contributed by atoms with Gasteiger partial charge in [-0.25, -0.2) is 4.79 Å². The average Bonchev–Trinajstić information content (AvgIpc) is 2.41. The minimum absolute atomic E-state index is 0.00913. The van der Waals surface area contributed by atoms with Gasteiger partial charge < -0.3 is 9.84 Å². The molecular weight excluding hydrogens is 321 g/mol. The standard InChI is InChI=1S/C15H10ClF3O3/c1-8-2-4-10(7-11(8)14(20)21)22-13-5-3-9(6-12(13)16)15(17,18)19/h2-7H,1H3,(H,20,21). The second kappa shape index (κ2) is 5.88. The maximum Gasteiger partial charge on any atom is 0.416 e. The molecule has 1 N–H and O–H groups in total. The van der Waals surface area contributed by atoms with Crippen LogP contribution in [0.4, 0.5) is 13.2 Å². The molecule has 0 saturated carbocycles. The Morgan fingerprint density at radius 2 is 1.86 bits per heavy atom. The third-order valence-corrected chi connectivity index (χ3v) is 3.22. The molecular formula is C15H10ClF3O3. The van der Waals surface area contributed by atoms with E-state index in [1.807, 2.05) is 0 Å². The van der Waals surface area contributed by atoms with Gasteiger partial charge in [-0.2, -0.15) is 13.2 Å². The van der Waals surface area contributed by atoms with Crippen LogP contribution in [0.25, 0.3) is 0 Å². The summed E-state index contributed by atoms with van der Waals surface area (Å²) in [6, 6.07) is 7.01. The normalized spacial score (nSPS) is 11.3. The van der Waals surface area contributed by atoms with E-state index in [0.717, 1.165) is 18.2 Å². The van der Waals surface area contributed by atoms with E-state index in [0.29, 0.717) is 5.56 Å². The smallest absolute Gasteiger partial charge is 0.416 e. The first-order valence-corrected chi connectivity index (χ1v) is 6.45. The number of alkyl halides is 3. The molecule has 3 nitrogen and oxygen atoms in total. The van der Waals surface area contributed by atoms with Crippen LogP contribution in [0.15, 0.2) is 36.4 Å². The topological polar surface area (TPSA) is 46.5 Å². The Kier molecular flexibility index (Phi) is 4.32. The molecule has 2 aromatic carbocycles. The predicted molar refractivity (Wildman–Crippen MR) is 74.7 cm³/mol. The van der Waals surface area contributed by atoms with Gasteiger partial charge in [0.2, 0.25) is 0 Å². The minimum atomic E-state index is -4.50. The van der Waals surface area contributed by atoms with Crippen LogP contribution in [0.3, 0.4) is 0 Å². The van der Waals surface area contributed by atoms with Crippen molar-refractivity contribution in [2.24, 2.45) is 0 Å². The Bertz CT molecular complexity index is 726. The minimum Gasteiger partial charge on any atom is -0.478 e. The van der Waals surface area contributed by atoms with Gasteiger partial charge in [-0.3, -0.25) is 0 Å². The van der Waals surface area contributed by atoms with Gasteiger partial charge in [-0.05, 0) is 42.8 Å². The second-order valence-corrected chi connectivity index (χ2v) is 4.93. The van der Waals surface area contributed by atoms with E-state index in [9.17, 15) is 18.0 Å². The summed E-state index contributed by atoms with van der Waals surface area (Å²) in [5.41, 5.74) is -0.307. The fourth-order valence-corrected chi connectivity index (χ4v) is 2.00. The Labute approximate surface area is 128 Å². The van der Waals surface area contributed by atoms with Crippen molar-refractivity contribution >= 4 is 17.6 Å². The number of carboxylic acids is 1. The van der Waals surface area contributed by atoms with E-state index in [1.165, 1.54) is 18.2 Å². The van der Waals surface area contributed by atoms with Gasteiger partial charge in [0, 0.05) is 0 Å². The number of halogens is 4. The van der Waals surface area contributed by atoms with E-state index in [1.54, 1.807) is 6.92 Å². The van der Waals surface area contributed by atoms with Gasteiger partial charge >= 0.3 is 12.1 Å². The number of carboxylic acid groups (broad SMARTS) is 1. The SMILES string of the molecule is Cc1ccc(Oc2ccc(C(F)(F)F)cc2Cl)cc1C(=O)O. The van der Waals surface area contributed by atoms with E-state index in [-0.39, 0.29) is 22.1 Å². The van der Waals surface area contributed by atoms with Gasteiger partial charge in [-0.15, -0.1) is 0 Å². The average molecular weight is 331 g/mol. The van der Waals surface area contributed by atoms with Crippen LogP contribution >= 0.6 is 11.6 Å². The molecule has 0 bridgehead atoms. The van der Waals surface area contributed by atoms with Gasteiger partial charge in [0.05, 0.1) is 16.1 Å². The number of carbonyl (C=O) groups is 1. The van der Waals surface area contributed by atoms with Gasteiger partial charge in [0.1, 0.15) is 11.5 Å². The number of aromatic carboxylic acids is 1. The summed E-state index contributed by atoms with van der Waals surface area (Å²) in [4.78, 5) is 11.0. The largest absolute Gasteiger partial charge is 0.478 e. The van der Waals surface area contributed by atoms with Crippen LogP contribution in [0.2, 0.25) is 5.02 Å². The van der Waals surface area contributed by atoms with Gasteiger partial charge in [0.25, 0.3) is 0 Å². The first-order chi connectivity index (χ1) is 10.2. The highest BCUT2D eigenvalue weighted by Gasteiger charge is 2.31. The summed E-state index contributed by atoms with van der Waals surface area (Å²) in [6.07, 6.45) is -4.50. The Hall–Kier alpha value is -2.21. The van der Waals surface area contributed by atoms with Crippen molar-refractivity contribution in [3.63, 3.8) is 0 Å². The Morgan fingerprint density at radius 3 is 2.41 bits per heavy atom. The van der Waals surface area contributed by atoms with Crippen LogP contribution < -0.4 is 4.74 Å². The zero-order valence-electron chi connectivity index (χ0n) is 11.2. The fourth-order valence-electron chi connectivity index (χ4n) is 1.78. The summed E-state index contributed by atoms with van der Waals surface area (Å²) in [7, 11) is 0. The zero-order valence-corrected chi connectivity index (χ0v) is 12.0. The summed E-state index contributed by atoms with van der Waals surface area (Å²) < 4.78 is 43.0. The molecule has 116 valence electrons. The van der Waals surface area contributed by atoms with Crippen molar-refractivity contribution in [2.45, 2.75) is 13.1 Å². The lowest BCUT2D eigenvalue weighted by Gasteiger charge is -2.12. The predicted octanol–water partition coefficient (Wildman–Crippen LogP) is 5.16. The Morgan fingerprint density at radius 1 is 1.18 bits per heavy atom. The molecule has 2 rings (SSSR count). The number of aryl methyl sites for hydroxylation is 1. The van der Waals surface area contributed by atoms with Crippen molar-refractivity contribution in [1.82, 2.24) is 0 Å². The molecule has 0 spiro atoms. The first kappa shape index (κ1) is 16.2. The molecule has 0 aliphatic rings. The molecule has 0 atom stereocenters. The lowest BCUT2D eigenvalue weighted by Crippen LogP contribution is -2.04.